The first-order chi connectivity index (χ1) is 12.6. The van der Waals surface area contributed by atoms with Crippen molar-refractivity contribution in [3.05, 3.63) is 65.7 Å². The number of nitrogens with one attached hydrogen (secondary N) is 3. The lowest BCUT2D eigenvalue weighted by atomic mass is 10.1. The van der Waals surface area contributed by atoms with Gasteiger partial charge in [0.05, 0.1) is 0 Å². The van der Waals surface area contributed by atoms with Crippen LogP contribution in [0.5, 0.6) is 0 Å². The summed E-state index contributed by atoms with van der Waals surface area (Å²) < 4.78 is 12.9. The van der Waals surface area contributed by atoms with Crippen molar-refractivity contribution in [3.63, 3.8) is 0 Å². The molecule has 26 heavy (non-hydrogen) atoms. The average Bonchev–Trinajstić information content (AvgIpc) is 2.66. The Morgan fingerprint density at radius 3 is 2.46 bits per heavy atom. The molecular weight excluding hydrogens is 335 g/mol. The highest BCUT2D eigenvalue weighted by Gasteiger charge is 2.19. The molecule has 0 saturated heterocycles. The number of urea groups is 1. The highest BCUT2D eigenvalue weighted by atomic mass is 19.1. The van der Waals surface area contributed by atoms with Crippen molar-refractivity contribution in [2.45, 2.75) is 38.9 Å². The molecule has 6 nitrogen and oxygen atoms in total. The zero-order valence-electron chi connectivity index (χ0n) is 14.7. The fourth-order valence-electron chi connectivity index (χ4n) is 2.37. The first kappa shape index (κ1) is 19.4. The van der Waals surface area contributed by atoms with E-state index in [1.165, 1.54) is 12.1 Å². The van der Waals surface area contributed by atoms with Gasteiger partial charge in [0.25, 0.3) is 0 Å². The van der Waals surface area contributed by atoms with Crippen LogP contribution in [-0.4, -0.2) is 23.0 Å². The largest absolute Gasteiger partial charge is 0.350 e. The van der Waals surface area contributed by atoms with E-state index in [0.717, 1.165) is 17.5 Å². The first-order valence-corrected chi connectivity index (χ1v) is 8.54. The summed E-state index contributed by atoms with van der Waals surface area (Å²) in [5.74, 6) is -0.570. The summed E-state index contributed by atoms with van der Waals surface area (Å²) in [6.07, 6.45) is 4.63. The van der Waals surface area contributed by atoms with E-state index in [1.807, 2.05) is 13.0 Å². The van der Waals surface area contributed by atoms with E-state index in [0.29, 0.717) is 13.0 Å². The maximum atomic E-state index is 12.9. The molecular formula is C19H23FN4O2. The number of hydrogen-bond donors (Lipinski definition) is 3. The van der Waals surface area contributed by atoms with Gasteiger partial charge in [-0.25, -0.2) is 9.18 Å². The smallest absolute Gasteiger partial charge is 0.315 e. The predicted molar refractivity (Wildman–Crippen MR) is 96.6 cm³/mol. The van der Waals surface area contributed by atoms with E-state index in [9.17, 15) is 14.0 Å². The lowest BCUT2D eigenvalue weighted by molar-refractivity contribution is -0.123. The van der Waals surface area contributed by atoms with Crippen molar-refractivity contribution in [2.75, 3.05) is 0 Å². The number of rotatable bonds is 8. The Balaban J connectivity index is 1.82. The Morgan fingerprint density at radius 1 is 1.08 bits per heavy atom. The molecule has 0 aliphatic heterocycles. The third kappa shape index (κ3) is 6.51. The minimum absolute atomic E-state index is 0.243. The number of carbonyl (C=O) groups excluding carboxylic acids is 2. The van der Waals surface area contributed by atoms with Crippen molar-refractivity contribution in [1.82, 2.24) is 20.9 Å². The van der Waals surface area contributed by atoms with Crippen LogP contribution in [0, 0.1) is 5.82 Å². The van der Waals surface area contributed by atoms with Gasteiger partial charge in [0.1, 0.15) is 11.9 Å². The summed E-state index contributed by atoms with van der Waals surface area (Å²) in [5, 5.41) is 8.16. The van der Waals surface area contributed by atoms with Crippen LogP contribution in [0.2, 0.25) is 0 Å². The lowest BCUT2D eigenvalue weighted by Crippen LogP contribution is -2.49. The van der Waals surface area contributed by atoms with Gasteiger partial charge < -0.3 is 16.0 Å². The maximum absolute atomic E-state index is 12.9. The van der Waals surface area contributed by atoms with E-state index in [1.54, 1.807) is 30.6 Å². The molecule has 0 spiro atoms. The van der Waals surface area contributed by atoms with Crippen molar-refractivity contribution >= 4 is 11.9 Å². The van der Waals surface area contributed by atoms with E-state index < -0.39 is 12.1 Å². The Bertz CT molecular complexity index is 707. The normalized spacial score (nSPS) is 11.5. The number of benzene rings is 1. The molecule has 0 saturated carbocycles. The van der Waals surface area contributed by atoms with E-state index >= 15 is 0 Å². The number of carbonyl (C=O) groups is 2. The van der Waals surface area contributed by atoms with Crippen molar-refractivity contribution in [3.8, 4) is 0 Å². The summed E-state index contributed by atoms with van der Waals surface area (Å²) in [4.78, 5) is 28.4. The monoisotopic (exact) mass is 358 g/mol. The fraction of sp³-hybridized carbons (Fsp3) is 0.316. The van der Waals surface area contributed by atoms with E-state index in [4.69, 9.17) is 0 Å². The number of hydrogen-bond acceptors (Lipinski definition) is 3. The molecule has 1 unspecified atom stereocenters. The third-order valence-electron chi connectivity index (χ3n) is 3.76. The van der Waals surface area contributed by atoms with Gasteiger partial charge in [0, 0.05) is 25.5 Å². The molecule has 3 N–H and O–H groups in total. The van der Waals surface area contributed by atoms with Gasteiger partial charge in [-0.15, -0.1) is 0 Å². The van der Waals surface area contributed by atoms with Gasteiger partial charge >= 0.3 is 6.03 Å². The molecule has 0 bridgehead atoms. The van der Waals surface area contributed by atoms with Crippen LogP contribution in [0.1, 0.15) is 30.9 Å². The average molecular weight is 358 g/mol. The summed E-state index contributed by atoms with van der Waals surface area (Å²) >= 11 is 0. The number of pyridine rings is 1. The van der Waals surface area contributed by atoms with Crippen molar-refractivity contribution in [1.29, 1.82) is 0 Å². The van der Waals surface area contributed by atoms with E-state index in [-0.39, 0.29) is 18.3 Å². The fourth-order valence-corrected chi connectivity index (χ4v) is 2.37. The van der Waals surface area contributed by atoms with Crippen LogP contribution in [0.15, 0.2) is 48.8 Å². The molecule has 0 fully saturated rings. The van der Waals surface area contributed by atoms with Crippen LogP contribution >= 0.6 is 0 Å². The van der Waals surface area contributed by atoms with Gasteiger partial charge in [-0.2, -0.15) is 0 Å². The van der Waals surface area contributed by atoms with Gasteiger partial charge in [0.15, 0.2) is 0 Å². The lowest BCUT2D eigenvalue weighted by Gasteiger charge is -2.18. The van der Waals surface area contributed by atoms with Crippen molar-refractivity contribution < 1.29 is 14.0 Å². The summed E-state index contributed by atoms with van der Waals surface area (Å²) in [7, 11) is 0. The van der Waals surface area contributed by atoms with Crippen LogP contribution in [0.4, 0.5) is 9.18 Å². The van der Waals surface area contributed by atoms with Crippen LogP contribution in [0.25, 0.3) is 0 Å². The van der Waals surface area contributed by atoms with E-state index in [2.05, 4.69) is 20.9 Å². The van der Waals surface area contributed by atoms with Gasteiger partial charge in [-0.1, -0.05) is 31.5 Å². The molecule has 3 amide bonds. The molecule has 1 heterocycles. The molecule has 7 heteroatoms. The molecule has 1 aromatic carbocycles. The number of amides is 3. The molecule has 2 rings (SSSR count). The molecule has 1 aromatic heterocycles. The second-order valence-corrected chi connectivity index (χ2v) is 5.87. The highest BCUT2D eigenvalue weighted by molar-refractivity contribution is 5.86. The third-order valence-corrected chi connectivity index (χ3v) is 3.76. The SMILES string of the molecule is CCCC(NC(=O)NCc1ccc(F)cc1)C(=O)NCc1cccnc1. The van der Waals surface area contributed by atoms with Crippen LogP contribution in [0.3, 0.4) is 0 Å². The molecule has 1 atom stereocenters. The van der Waals surface area contributed by atoms with Crippen LogP contribution in [-0.2, 0) is 17.9 Å². The second-order valence-electron chi connectivity index (χ2n) is 5.87. The number of nitrogens with zero attached hydrogens (tertiary/aromatic N) is 1. The summed E-state index contributed by atoms with van der Waals surface area (Å²) in [6.45, 7) is 2.55. The molecule has 0 aliphatic carbocycles. The molecule has 138 valence electrons. The zero-order chi connectivity index (χ0) is 18.8. The topological polar surface area (TPSA) is 83.1 Å². The van der Waals surface area contributed by atoms with Gasteiger partial charge in [0.2, 0.25) is 5.91 Å². The predicted octanol–water partition coefficient (Wildman–Crippen LogP) is 2.51. The second kappa shape index (κ2) is 10.1. The standard InChI is InChI=1S/C19H23FN4O2/c1-2-4-17(18(25)22-13-15-5-3-10-21-11-15)24-19(26)23-12-14-6-8-16(20)9-7-14/h3,5-11,17H,2,4,12-13H2,1H3,(H,22,25)(H2,23,24,26). The molecule has 0 aliphatic rings. The number of aromatic nitrogens is 1. The Labute approximate surface area is 152 Å². The minimum Gasteiger partial charge on any atom is -0.350 e. The summed E-state index contributed by atoms with van der Waals surface area (Å²) in [5.41, 5.74) is 1.66. The number of halogens is 1. The maximum Gasteiger partial charge on any atom is 0.315 e. The van der Waals surface area contributed by atoms with Crippen molar-refractivity contribution in [2.24, 2.45) is 0 Å². The van der Waals surface area contributed by atoms with Gasteiger partial charge in [-0.05, 0) is 35.7 Å². The molecule has 2 aromatic rings. The first-order valence-electron chi connectivity index (χ1n) is 8.54. The van der Waals surface area contributed by atoms with Gasteiger partial charge in [-0.3, -0.25) is 9.78 Å². The Morgan fingerprint density at radius 2 is 1.81 bits per heavy atom. The Hall–Kier alpha value is -2.96. The Kier molecular flexibility index (Phi) is 7.54. The minimum atomic E-state index is -0.620. The zero-order valence-corrected chi connectivity index (χ0v) is 14.7. The van der Waals surface area contributed by atoms with Crippen LogP contribution < -0.4 is 16.0 Å². The molecule has 0 radical (unpaired) electrons. The quantitative estimate of drug-likeness (QED) is 0.678. The summed E-state index contributed by atoms with van der Waals surface area (Å²) in [6, 6.07) is 8.46. The highest BCUT2D eigenvalue weighted by Crippen LogP contribution is 2.03.